The van der Waals surface area contributed by atoms with Crippen LogP contribution in [0.3, 0.4) is 0 Å². The van der Waals surface area contributed by atoms with Crippen molar-refractivity contribution >= 4 is 22.0 Å². The van der Waals surface area contributed by atoms with Crippen LogP contribution < -0.4 is 4.72 Å². The van der Waals surface area contributed by atoms with E-state index in [0.29, 0.717) is 17.4 Å². The Kier molecular flexibility index (Phi) is 4.81. The molecule has 26 heavy (non-hydrogen) atoms. The molecule has 0 radical (unpaired) electrons. The van der Waals surface area contributed by atoms with Gasteiger partial charge in [-0.05, 0) is 42.0 Å². The second kappa shape index (κ2) is 7.05. The number of carbonyl (C=O) groups is 1. The topological polar surface area (TPSA) is 63.2 Å². The molecule has 0 aliphatic heterocycles. The fourth-order valence-corrected chi connectivity index (χ4v) is 3.48. The number of hydrogen-bond acceptors (Lipinski definition) is 3. The molecule has 0 aliphatic carbocycles. The molecule has 0 fully saturated rings. The molecule has 4 nitrogen and oxygen atoms in total. The molecule has 0 heterocycles. The third kappa shape index (κ3) is 3.78. The maximum Gasteiger partial charge on any atom is 0.261 e. The van der Waals surface area contributed by atoms with E-state index in [1.165, 1.54) is 42.5 Å². The van der Waals surface area contributed by atoms with Crippen molar-refractivity contribution in [3.05, 3.63) is 83.9 Å². The van der Waals surface area contributed by atoms with Crippen molar-refractivity contribution in [2.24, 2.45) is 0 Å². The number of rotatable bonds is 5. The Hall–Kier alpha value is -3.06. The van der Waals surface area contributed by atoms with E-state index >= 15 is 0 Å². The smallest absolute Gasteiger partial charge is 0.261 e. The standard InChI is InChI=1S/C19H13F2NO3S/c20-15-6-9-18(19(21)11-15)14-4-7-17(8-5-14)26(24,25)22-16-3-1-2-13(10-16)12-23/h1-12,22H. The van der Waals surface area contributed by atoms with Gasteiger partial charge in [0.2, 0.25) is 0 Å². The lowest BCUT2D eigenvalue weighted by atomic mass is 10.1. The first-order valence-electron chi connectivity index (χ1n) is 7.52. The zero-order valence-corrected chi connectivity index (χ0v) is 14.1. The van der Waals surface area contributed by atoms with Gasteiger partial charge < -0.3 is 0 Å². The lowest BCUT2D eigenvalue weighted by Gasteiger charge is -2.10. The minimum Gasteiger partial charge on any atom is -0.298 e. The van der Waals surface area contributed by atoms with Crippen LogP contribution in [-0.4, -0.2) is 14.7 Å². The molecular weight excluding hydrogens is 360 g/mol. The maximum absolute atomic E-state index is 13.8. The molecule has 0 saturated carbocycles. The number of aldehydes is 1. The Morgan fingerprint density at radius 1 is 0.885 bits per heavy atom. The van der Waals surface area contributed by atoms with Crippen molar-refractivity contribution in [1.29, 1.82) is 0 Å². The van der Waals surface area contributed by atoms with Crippen LogP contribution in [0.15, 0.2) is 71.6 Å². The summed E-state index contributed by atoms with van der Waals surface area (Å²) in [5.74, 6) is -1.42. The van der Waals surface area contributed by atoms with Crippen molar-refractivity contribution < 1.29 is 22.0 Å². The summed E-state index contributed by atoms with van der Waals surface area (Å²) >= 11 is 0. The largest absolute Gasteiger partial charge is 0.298 e. The van der Waals surface area contributed by atoms with E-state index in [1.807, 2.05) is 0 Å². The zero-order valence-electron chi connectivity index (χ0n) is 13.3. The van der Waals surface area contributed by atoms with Crippen LogP contribution in [0.4, 0.5) is 14.5 Å². The average Bonchev–Trinajstić information content (AvgIpc) is 2.62. The lowest BCUT2D eigenvalue weighted by Crippen LogP contribution is -2.13. The predicted molar refractivity (Wildman–Crippen MR) is 94.4 cm³/mol. The van der Waals surface area contributed by atoms with Gasteiger partial charge in [0.25, 0.3) is 10.0 Å². The monoisotopic (exact) mass is 373 g/mol. The highest BCUT2D eigenvalue weighted by molar-refractivity contribution is 7.92. The molecule has 0 bridgehead atoms. The molecule has 1 N–H and O–H groups in total. The third-order valence-corrected chi connectivity index (χ3v) is 5.08. The normalized spacial score (nSPS) is 11.2. The van der Waals surface area contributed by atoms with Crippen molar-refractivity contribution in [2.75, 3.05) is 4.72 Å². The Balaban J connectivity index is 1.88. The Morgan fingerprint density at radius 2 is 1.62 bits per heavy atom. The fourth-order valence-electron chi connectivity index (χ4n) is 2.43. The van der Waals surface area contributed by atoms with Gasteiger partial charge in [-0.3, -0.25) is 9.52 Å². The van der Waals surface area contributed by atoms with Gasteiger partial charge in [-0.15, -0.1) is 0 Å². The molecule has 0 spiro atoms. The van der Waals surface area contributed by atoms with E-state index in [1.54, 1.807) is 12.1 Å². The van der Waals surface area contributed by atoms with Gasteiger partial charge in [-0.2, -0.15) is 0 Å². The van der Waals surface area contributed by atoms with Gasteiger partial charge >= 0.3 is 0 Å². The minimum atomic E-state index is -3.87. The van der Waals surface area contributed by atoms with Crippen molar-refractivity contribution in [1.82, 2.24) is 0 Å². The van der Waals surface area contributed by atoms with Crippen molar-refractivity contribution in [2.45, 2.75) is 4.90 Å². The number of halogens is 2. The van der Waals surface area contributed by atoms with Gasteiger partial charge in [0.15, 0.2) is 0 Å². The van der Waals surface area contributed by atoms with Gasteiger partial charge in [0, 0.05) is 22.9 Å². The first-order valence-corrected chi connectivity index (χ1v) is 9.01. The Bertz CT molecular complexity index is 1060. The quantitative estimate of drug-likeness (QED) is 0.680. The van der Waals surface area contributed by atoms with E-state index < -0.39 is 21.7 Å². The summed E-state index contributed by atoms with van der Waals surface area (Å²) in [4.78, 5) is 10.8. The summed E-state index contributed by atoms with van der Waals surface area (Å²) in [5, 5.41) is 0. The van der Waals surface area contributed by atoms with Crippen molar-refractivity contribution in [3.63, 3.8) is 0 Å². The van der Waals surface area contributed by atoms with Crippen molar-refractivity contribution in [3.8, 4) is 11.1 Å². The summed E-state index contributed by atoms with van der Waals surface area (Å²) in [7, 11) is -3.87. The summed E-state index contributed by atoms with van der Waals surface area (Å²) in [6.07, 6.45) is 0.615. The summed E-state index contributed by atoms with van der Waals surface area (Å²) < 4.78 is 54.1. The van der Waals surface area contributed by atoms with Crippen LogP contribution in [0, 0.1) is 11.6 Å². The van der Waals surface area contributed by atoms with E-state index in [-0.39, 0.29) is 16.1 Å². The van der Waals surface area contributed by atoms with Gasteiger partial charge in [-0.25, -0.2) is 17.2 Å². The van der Waals surface area contributed by atoms with E-state index in [4.69, 9.17) is 0 Å². The zero-order chi connectivity index (χ0) is 18.7. The second-order valence-electron chi connectivity index (χ2n) is 5.50. The highest BCUT2D eigenvalue weighted by Crippen LogP contribution is 2.25. The first kappa shape index (κ1) is 17.8. The van der Waals surface area contributed by atoms with E-state index in [0.717, 1.165) is 12.1 Å². The summed E-state index contributed by atoms with van der Waals surface area (Å²) in [5.41, 5.74) is 1.18. The second-order valence-corrected chi connectivity index (χ2v) is 7.18. The van der Waals surface area contributed by atoms with Crippen LogP contribution in [-0.2, 0) is 10.0 Å². The molecule has 0 atom stereocenters. The number of nitrogens with one attached hydrogen (secondary N) is 1. The molecule has 3 aromatic carbocycles. The van der Waals surface area contributed by atoms with Gasteiger partial charge in [0.1, 0.15) is 17.9 Å². The Morgan fingerprint density at radius 3 is 2.27 bits per heavy atom. The van der Waals surface area contributed by atoms with Gasteiger partial charge in [-0.1, -0.05) is 24.3 Å². The molecule has 3 aromatic rings. The fraction of sp³-hybridized carbons (Fsp3) is 0. The number of hydrogen-bond donors (Lipinski definition) is 1. The lowest BCUT2D eigenvalue weighted by molar-refractivity contribution is 0.112. The molecule has 0 saturated heterocycles. The third-order valence-electron chi connectivity index (χ3n) is 3.68. The average molecular weight is 373 g/mol. The predicted octanol–water partition coefficient (Wildman–Crippen LogP) is 4.25. The van der Waals surface area contributed by atoms with Crippen LogP contribution in [0.25, 0.3) is 11.1 Å². The van der Waals surface area contributed by atoms with Crippen LogP contribution in [0.1, 0.15) is 10.4 Å². The molecule has 132 valence electrons. The van der Waals surface area contributed by atoms with Crippen LogP contribution >= 0.6 is 0 Å². The minimum absolute atomic E-state index is 0.0275. The highest BCUT2D eigenvalue weighted by Gasteiger charge is 2.15. The van der Waals surface area contributed by atoms with Gasteiger partial charge in [0.05, 0.1) is 4.90 Å². The van der Waals surface area contributed by atoms with E-state index in [2.05, 4.69) is 4.72 Å². The van der Waals surface area contributed by atoms with Crippen LogP contribution in [0.2, 0.25) is 0 Å². The number of carbonyl (C=O) groups excluding carboxylic acids is 1. The first-order chi connectivity index (χ1) is 12.4. The number of benzene rings is 3. The molecule has 0 amide bonds. The summed E-state index contributed by atoms with van der Waals surface area (Å²) in [6.45, 7) is 0. The number of sulfonamides is 1. The maximum atomic E-state index is 13.8. The number of anilines is 1. The van der Waals surface area contributed by atoms with Crippen LogP contribution in [0.5, 0.6) is 0 Å². The molecule has 0 aliphatic rings. The Labute approximate surface area is 149 Å². The highest BCUT2D eigenvalue weighted by atomic mass is 32.2. The summed E-state index contributed by atoms with van der Waals surface area (Å²) in [6, 6.07) is 14.7. The molecule has 3 rings (SSSR count). The molecule has 7 heteroatoms. The molecule has 0 aromatic heterocycles. The molecular formula is C19H13F2NO3S. The SMILES string of the molecule is O=Cc1cccc(NS(=O)(=O)c2ccc(-c3ccc(F)cc3F)cc2)c1. The molecule has 0 unspecified atom stereocenters. The van der Waals surface area contributed by atoms with E-state index in [9.17, 15) is 22.0 Å².